The Balaban J connectivity index is 3.39. The van der Waals surface area contributed by atoms with Crippen LogP contribution in [-0.4, -0.2) is 35.1 Å². The second-order valence-corrected chi connectivity index (χ2v) is 3.79. The van der Waals surface area contributed by atoms with Crippen molar-refractivity contribution in [2.45, 2.75) is 6.92 Å². The Bertz CT molecular complexity index is 159. The topological polar surface area (TPSA) is 32.3 Å². The van der Waals surface area contributed by atoms with Crippen molar-refractivity contribution in [1.29, 1.82) is 0 Å². The minimum absolute atomic E-state index is 0.0287. The number of nitrogens with one attached hydrogen (secondary N) is 1. The SMILES string of the molecule is CC(=O)NCSC(=S)N(C)C. The highest BCUT2D eigenvalue weighted by atomic mass is 32.2. The molecule has 0 saturated heterocycles. The maximum atomic E-state index is 10.4. The van der Waals surface area contributed by atoms with Crippen LogP contribution >= 0.6 is 24.0 Å². The van der Waals surface area contributed by atoms with Gasteiger partial charge in [-0.3, -0.25) is 4.79 Å². The Morgan fingerprint density at radius 3 is 2.55 bits per heavy atom. The molecule has 0 rings (SSSR count). The predicted molar refractivity (Wildman–Crippen MR) is 52.6 cm³/mol. The molecule has 64 valence electrons. The molecule has 0 fully saturated rings. The van der Waals surface area contributed by atoms with E-state index in [1.807, 2.05) is 19.0 Å². The third kappa shape index (κ3) is 6.12. The molecule has 11 heavy (non-hydrogen) atoms. The normalized spacial score (nSPS) is 9.00. The van der Waals surface area contributed by atoms with Crippen molar-refractivity contribution in [2.24, 2.45) is 0 Å². The molecular formula is C6H12N2OS2. The van der Waals surface area contributed by atoms with Crippen molar-refractivity contribution in [3.05, 3.63) is 0 Å². The summed E-state index contributed by atoms with van der Waals surface area (Å²) < 4.78 is 0.777. The Morgan fingerprint density at radius 2 is 2.18 bits per heavy atom. The molecule has 0 radical (unpaired) electrons. The molecule has 0 spiro atoms. The van der Waals surface area contributed by atoms with Crippen molar-refractivity contribution in [3.8, 4) is 0 Å². The molecule has 0 aliphatic carbocycles. The summed E-state index contributed by atoms with van der Waals surface area (Å²) >= 11 is 6.41. The van der Waals surface area contributed by atoms with E-state index in [2.05, 4.69) is 5.32 Å². The summed E-state index contributed by atoms with van der Waals surface area (Å²) in [5, 5.41) is 2.64. The molecule has 0 aromatic heterocycles. The van der Waals surface area contributed by atoms with Gasteiger partial charge in [-0.05, 0) is 0 Å². The van der Waals surface area contributed by atoms with E-state index in [0.29, 0.717) is 5.88 Å². The zero-order valence-electron chi connectivity index (χ0n) is 6.88. The molecule has 1 amide bonds. The third-order valence-corrected chi connectivity index (χ3v) is 2.50. The van der Waals surface area contributed by atoms with Crippen LogP contribution in [0.2, 0.25) is 0 Å². The van der Waals surface area contributed by atoms with Gasteiger partial charge in [-0.25, -0.2) is 0 Å². The lowest BCUT2D eigenvalue weighted by atomic mass is 10.7. The highest BCUT2D eigenvalue weighted by Gasteiger charge is 1.98. The molecule has 0 atom stereocenters. The number of hydrogen-bond donors (Lipinski definition) is 1. The minimum atomic E-state index is -0.0287. The number of rotatable bonds is 2. The lowest BCUT2D eigenvalue weighted by Gasteiger charge is -2.12. The van der Waals surface area contributed by atoms with Crippen molar-refractivity contribution in [1.82, 2.24) is 10.2 Å². The summed E-state index contributed by atoms with van der Waals surface area (Å²) in [7, 11) is 3.76. The number of nitrogens with zero attached hydrogens (tertiary/aromatic N) is 1. The number of thioether (sulfide) groups is 1. The Labute approximate surface area is 76.5 Å². The molecule has 0 unspecified atom stereocenters. The smallest absolute Gasteiger partial charge is 0.217 e. The zero-order chi connectivity index (χ0) is 8.85. The molecule has 1 N–H and O–H groups in total. The van der Waals surface area contributed by atoms with E-state index in [9.17, 15) is 4.79 Å². The Kier molecular flexibility index (Phi) is 5.23. The fraction of sp³-hybridized carbons (Fsp3) is 0.667. The Morgan fingerprint density at radius 1 is 1.64 bits per heavy atom. The molecule has 0 heterocycles. The van der Waals surface area contributed by atoms with Gasteiger partial charge in [0, 0.05) is 21.0 Å². The first kappa shape index (κ1) is 10.7. The van der Waals surface area contributed by atoms with Gasteiger partial charge in [0.1, 0.15) is 4.32 Å². The van der Waals surface area contributed by atoms with Gasteiger partial charge in [0.05, 0.1) is 5.88 Å². The van der Waals surface area contributed by atoms with E-state index in [4.69, 9.17) is 12.2 Å². The predicted octanol–water partition coefficient (Wildman–Crippen LogP) is 0.660. The van der Waals surface area contributed by atoms with Crippen LogP contribution in [0.3, 0.4) is 0 Å². The summed E-state index contributed by atoms with van der Waals surface area (Å²) in [6.45, 7) is 1.49. The molecule has 3 nitrogen and oxygen atoms in total. The van der Waals surface area contributed by atoms with Crippen molar-refractivity contribution in [3.63, 3.8) is 0 Å². The van der Waals surface area contributed by atoms with Crippen LogP contribution in [-0.2, 0) is 4.79 Å². The quantitative estimate of drug-likeness (QED) is 0.514. The largest absolute Gasteiger partial charge is 0.364 e. The lowest BCUT2D eigenvalue weighted by Crippen LogP contribution is -2.23. The van der Waals surface area contributed by atoms with E-state index in [-0.39, 0.29) is 5.91 Å². The van der Waals surface area contributed by atoms with E-state index in [1.54, 1.807) is 0 Å². The van der Waals surface area contributed by atoms with Gasteiger partial charge in [-0.2, -0.15) is 0 Å². The van der Waals surface area contributed by atoms with Crippen LogP contribution in [0.4, 0.5) is 0 Å². The molecule has 5 heteroatoms. The molecule has 0 aliphatic heterocycles. The van der Waals surface area contributed by atoms with Crippen LogP contribution in [0.1, 0.15) is 6.92 Å². The highest BCUT2D eigenvalue weighted by molar-refractivity contribution is 8.22. The molecule has 0 aromatic carbocycles. The van der Waals surface area contributed by atoms with Gasteiger partial charge < -0.3 is 10.2 Å². The zero-order valence-corrected chi connectivity index (χ0v) is 8.51. The summed E-state index contributed by atoms with van der Waals surface area (Å²) in [6.07, 6.45) is 0. The van der Waals surface area contributed by atoms with E-state index in [1.165, 1.54) is 18.7 Å². The minimum Gasteiger partial charge on any atom is -0.364 e. The first-order chi connectivity index (χ1) is 5.04. The van der Waals surface area contributed by atoms with Crippen molar-refractivity contribution in [2.75, 3.05) is 20.0 Å². The fourth-order valence-electron chi connectivity index (χ4n) is 0.329. The number of carbonyl (C=O) groups excluding carboxylic acids is 1. The Hall–Kier alpha value is -0.290. The van der Waals surface area contributed by atoms with Crippen LogP contribution in [0.25, 0.3) is 0 Å². The molecule has 0 saturated carbocycles. The number of amides is 1. The first-order valence-electron chi connectivity index (χ1n) is 3.12. The van der Waals surface area contributed by atoms with Gasteiger partial charge in [0.15, 0.2) is 0 Å². The number of carbonyl (C=O) groups is 1. The van der Waals surface area contributed by atoms with Crippen molar-refractivity contribution >= 4 is 34.2 Å². The van der Waals surface area contributed by atoms with Gasteiger partial charge in [-0.1, -0.05) is 24.0 Å². The van der Waals surface area contributed by atoms with Gasteiger partial charge >= 0.3 is 0 Å². The highest BCUT2D eigenvalue weighted by Crippen LogP contribution is 2.03. The second kappa shape index (κ2) is 5.37. The standard InChI is InChI=1S/C6H12N2OS2/c1-5(9)7-4-11-6(10)8(2)3/h4H2,1-3H3,(H,7,9). The fourth-order valence-corrected chi connectivity index (χ4v) is 1.16. The van der Waals surface area contributed by atoms with Crippen molar-refractivity contribution < 1.29 is 4.79 Å². The van der Waals surface area contributed by atoms with Crippen LogP contribution < -0.4 is 5.32 Å². The maximum absolute atomic E-state index is 10.4. The molecule has 0 aromatic rings. The summed E-state index contributed by atoms with van der Waals surface area (Å²) in [5.74, 6) is 0.519. The van der Waals surface area contributed by atoms with Gasteiger partial charge in [-0.15, -0.1) is 0 Å². The summed E-state index contributed by atoms with van der Waals surface area (Å²) in [6, 6.07) is 0. The third-order valence-electron chi connectivity index (χ3n) is 0.882. The number of hydrogen-bond acceptors (Lipinski definition) is 3. The number of thiocarbonyl (C=S) groups is 1. The maximum Gasteiger partial charge on any atom is 0.217 e. The van der Waals surface area contributed by atoms with E-state index in [0.717, 1.165) is 4.32 Å². The van der Waals surface area contributed by atoms with Crippen LogP contribution in [0.15, 0.2) is 0 Å². The molecular weight excluding hydrogens is 180 g/mol. The van der Waals surface area contributed by atoms with Crippen LogP contribution in [0, 0.1) is 0 Å². The van der Waals surface area contributed by atoms with Crippen LogP contribution in [0.5, 0.6) is 0 Å². The summed E-state index contributed by atoms with van der Waals surface area (Å²) in [5.41, 5.74) is 0. The second-order valence-electron chi connectivity index (χ2n) is 2.18. The summed E-state index contributed by atoms with van der Waals surface area (Å²) in [4.78, 5) is 12.2. The average Bonchev–Trinajstić information content (AvgIpc) is 1.86. The van der Waals surface area contributed by atoms with Gasteiger partial charge in [0.2, 0.25) is 5.91 Å². The van der Waals surface area contributed by atoms with E-state index < -0.39 is 0 Å². The average molecular weight is 192 g/mol. The van der Waals surface area contributed by atoms with E-state index >= 15 is 0 Å². The molecule has 0 bridgehead atoms. The monoisotopic (exact) mass is 192 g/mol. The first-order valence-corrected chi connectivity index (χ1v) is 4.52. The molecule has 0 aliphatic rings. The van der Waals surface area contributed by atoms with Gasteiger partial charge in [0.25, 0.3) is 0 Å². The lowest BCUT2D eigenvalue weighted by molar-refractivity contribution is -0.118.